The number of carbonyl (C=O) groups is 1. The number of carbonyl (C=O) groups excluding carboxylic acids is 1. The molecule has 0 fully saturated rings. The van der Waals surface area contributed by atoms with Crippen LogP contribution >= 0.6 is 0 Å². The van der Waals surface area contributed by atoms with E-state index < -0.39 is 0 Å². The van der Waals surface area contributed by atoms with Crippen molar-refractivity contribution in [2.24, 2.45) is 4.99 Å². The zero-order valence-corrected chi connectivity index (χ0v) is 14.7. The van der Waals surface area contributed by atoms with Gasteiger partial charge in [-0.3, -0.25) is 9.79 Å². The van der Waals surface area contributed by atoms with Crippen molar-refractivity contribution in [3.63, 3.8) is 0 Å². The predicted octanol–water partition coefficient (Wildman–Crippen LogP) is 4.69. The Morgan fingerprint density at radius 1 is 0.808 bits per heavy atom. The lowest BCUT2D eigenvalue weighted by Crippen LogP contribution is -2.00. The number of ether oxygens (including phenoxy) is 2. The molecule has 3 aromatic rings. The second-order valence-corrected chi connectivity index (χ2v) is 5.61. The van der Waals surface area contributed by atoms with Crippen LogP contribution in [0.3, 0.4) is 0 Å². The molecule has 0 saturated carbocycles. The molecule has 0 spiro atoms. The molecule has 0 aliphatic heterocycles. The topological polar surface area (TPSA) is 47.9 Å². The van der Waals surface area contributed by atoms with Crippen molar-refractivity contribution in [1.29, 1.82) is 0 Å². The Hall–Kier alpha value is -3.40. The van der Waals surface area contributed by atoms with Crippen LogP contribution in [-0.2, 0) is 0 Å². The van der Waals surface area contributed by atoms with Crippen molar-refractivity contribution in [2.75, 3.05) is 14.2 Å². The van der Waals surface area contributed by atoms with Crippen LogP contribution in [0.4, 0.5) is 5.69 Å². The van der Waals surface area contributed by atoms with Gasteiger partial charge in [0.15, 0.2) is 17.3 Å². The minimum absolute atomic E-state index is 0.000945. The van der Waals surface area contributed by atoms with Crippen molar-refractivity contribution < 1.29 is 14.3 Å². The first-order valence-corrected chi connectivity index (χ1v) is 8.17. The molecular weight excluding hydrogens is 326 g/mol. The van der Waals surface area contributed by atoms with Gasteiger partial charge >= 0.3 is 0 Å². The maximum atomic E-state index is 12.4. The molecule has 0 saturated heterocycles. The molecule has 0 aliphatic rings. The third-order valence-corrected chi connectivity index (χ3v) is 3.94. The van der Waals surface area contributed by atoms with E-state index in [1.807, 2.05) is 60.7 Å². The summed E-state index contributed by atoms with van der Waals surface area (Å²) in [5.74, 6) is 1.33. The molecule has 0 heterocycles. The van der Waals surface area contributed by atoms with Crippen LogP contribution in [0.1, 0.15) is 21.5 Å². The highest BCUT2D eigenvalue weighted by Gasteiger charge is 2.08. The van der Waals surface area contributed by atoms with Crippen molar-refractivity contribution in [3.05, 3.63) is 89.5 Å². The van der Waals surface area contributed by atoms with Gasteiger partial charge in [0, 0.05) is 17.3 Å². The van der Waals surface area contributed by atoms with Crippen LogP contribution in [0.25, 0.3) is 0 Å². The highest BCUT2D eigenvalue weighted by atomic mass is 16.5. The summed E-state index contributed by atoms with van der Waals surface area (Å²) < 4.78 is 10.5. The Labute approximate surface area is 152 Å². The Morgan fingerprint density at radius 3 is 2.12 bits per heavy atom. The largest absolute Gasteiger partial charge is 0.493 e. The van der Waals surface area contributed by atoms with Gasteiger partial charge in [-0.15, -0.1) is 0 Å². The lowest BCUT2D eigenvalue weighted by Gasteiger charge is -2.07. The standard InChI is InChI=1S/C22H19NO3/c1-25-20-13-8-16(14-21(20)26-2)15-23-19-11-9-18(10-12-19)22(24)17-6-4-3-5-7-17/h3-15H,1-2H3. The summed E-state index contributed by atoms with van der Waals surface area (Å²) in [4.78, 5) is 16.9. The zero-order chi connectivity index (χ0) is 18.4. The maximum Gasteiger partial charge on any atom is 0.193 e. The number of methoxy groups -OCH3 is 2. The summed E-state index contributed by atoms with van der Waals surface area (Å²) in [6.45, 7) is 0. The van der Waals surface area contributed by atoms with Crippen LogP contribution in [0.2, 0.25) is 0 Å². The molecule has 0 atom stereocenters. The lowest BCUT2D eigenvalue weighted by molar-refractivity contribution is 0.103. The van der Waals surface area contributed by atoms with Gasteiger partial charge in [-0.2, -0.15) is 0 Å². The van der Waals surface area contributed by atoms with Gasteiger partial charge < -0.3 is 9.47 Å². The number of ketones is 1. The summed E-state index contributed by atoms with van der Waals surface area (Å²) in [6.07, 6.45) is 1.75. The van der Waals surface area contributed by atoms with Crippen molar-refractivity contribution in [2.45, 2.75) is 0 Å². The first kappa shape index (κ1) is 17.4. The number of benzene rings is 3. The molecule has 26 heavy (non-hydrogen) atoms. The summed E-state index contributed by atoms with van der Waals surface area (Å²) in [6, 6.07) is 22.0. The summed E-state index contributed by atoms with van der Waals surface area (Å²) in [7, 11) is 3.20. The summed E-state index contributed by atoms with van der Waals surface area (Å²) in [5.41, 5.74) is 2.98. The molecule has 0 radical (unpaired) electrons. The van der Waals surface area contributed by atoms with Gasteiger partial charge in [-0.25, -0.2) is 0 Å². The normalized spacial score (nSPS) is 10.7. The highest BCUT2D eigenvalue weighted by Crippen LogP contribution is 2.27. The molecule has 0 aromatic heterocycles. The van der Waals surface area contributed by atoms with Gasteiger partial charge in [0.05, 0.1) is 19.9 Å². The highest BCUT2D eigenvalue weighted by molar-refractivity contribution is 6.09. The Morgan fingerprint density at radius 2 is 1.46 bits per heavy atom. The summed E-state index contributed by atoms with van der Waals surface area (Å²) >= 11 is 0. The monoisotopic (exact) mass is 345 g/mol. The average Bonchev–Trinajstić information content (AvgIpc) is 2.72. The van der Waals surface area contributed by atoms with Crippen molar-refractivity contribution in [3.8, 4) is 11.5 Å². The fourth-order valence-corrected chi connectivity index (χ4v) is 2.54. The SMILES string of the molecule is COc1ccc(C=Nc2ccc(C(=O)c3ccccc3)cc2)cc1OC. The fraction of sp³-hybridized carbons (Fsp3) is 0.0909. The zero-order valence-electron chi connectivity index (χ0n) is 14.7. The van der Waals surface area contributed by atoms with E-state index in [1.165, 1.54) is 0 Å². The second kappa shape index (κ2) is 8.12. The number of rotatable bonds is 6. The van der Waals surface area contributed by atoms with E-state index in [9.17, 15) is 4.79 Å². The molecule has 3 rings (SSSR count). The molecule has 0 aliphatic carbocycles. The number of hydrogen-bond acceptors (Lipinski definition) is 4. The third kappa shape index (κ3) is 3.98. The Kier molecular flexibility index (Phi) is 5.44. The van der Waals surface area contributed by atoms with Crippen LogP contribution in [0.15, 0.2) is 77.8 Å². The molecule has 130 valence electrons. The first-order chi connectivity index (χ1) is 12.7. The maximum absolute atomic E-state index is 12.4. The average molecular weight is 345 g/mol. The quantitative estimate of drug-likeness (QED) is 0.481. The van der Waals surface area contributed by atoms with Crippen molar-refractivity contribution in [1.82, 2.24) is 0 Å². The summed E-state index contributed by atoms with van der Waals surface area (Å²) in [5, 5.41) is 0. The smallest absolute Gasteiger partial charge is 0.193 e. The molecule has 0 N–H and O–H groups in total. The molecule has 0 unspecified atom stereocenters. The second-order valence-electron chi connectivity index (χ2n) is 5.61. The predicted molar refractivity (Wildman–Crippen MR) is 103 cm³/mol. The minimum Gasteiger partial charge on any atom is -0.493 e. The Balaban J connectivity index is 1.75. The van der Waals surface area contributed by atoms with E-state index in [4.69, 9.17) is 9.47 Å². The van der Waals surface area contributed by atoms with Gasteiger partial charge in [0.1, 0.15) is 0 Å². The number of hydrogen-bond donors (Lipinski definition) is 0. The molecule has 3 aromatic carbocycles. The van der Waals surface area contributed by atoms with Gasteiger partial charge in [0.2, 0.25) is 0 Å². The van der Waals surface area contributed by atoms with Crippen LogP contribution in [0.5, 0.6) is 11.5 Å². The van der Waals surface area contributed by atoms with E-state index in [0.717, 1.165) is 11.3 Å². The third-order valence-electron chi connectivity index (χ3n) is 3.94. The molecular formula is C22H19NO3. The van der Waals surface area contributed by atoms with E-state index in [-0.39, 0.29) is 5.78 Å². The van der Waals surface area contributed by atoms with Gasteiger partial charge in [-0.1, -0.05) is 30.3 Å². The van der Waals surface area contributed by atoms with Gasteiger partial charge in [0.25, 0.3) is 0 Å². The van der Waals surface area contributed by atoms with Crippen LogP contribution in [-0.4, -0.2) is 26.2 Å². The number of aliphatic imine (C=N–C) groups is 1. The molecule has 4 nitrogen and oxygen atoms in total. The van der Waals surface area contributed by atoms with E-state index in [1.54, 1.807) is 32.6 Å². The van der Waals surface area contributed by atoms with Crippen LogP contribution in [0, 0.1) is 0 Å². The van der Waals surface area contributed by atoms with Crippen LogP contribution < -0.4 is 9.47 Å². The van der Waals surface area contributed by atoms with Crippen molar-refractivity contribution >= 4 is 17.7 Å². The van der Waals surface area contributed by atoms with E-state index >= 15 is 0 Å². The fourth-order valence-electron chi connectivity index (χ4n) is 2.54. The van der Waals surface area contributed by atoms with Gasteiger partial charge in [-0.05, 0) is 48.0 Å². The lowest BCUT2D eigenvalue weighted by atomic mass is 10.0. The number of nitrogens with zero attached hydrogens (tertiary/aromatic N) is 1. The molecule has 0 amide bonds. The Bertz CT molecular complexity index is 916. The molecule has 0 bridgehead atoms. The van der Waals surface area contributed by atoms with E-state index in [0.29, 0.717) is 22.6 Å². The minimum atomic E-state index is 0.000945. The molecule has 4 heteroatoms. The first-order valence-electron chi connectivity index (χ1n) is 8.17. The van der Waals surface area contributed by atoms with E-state index in [2.05, 4.69) is 4.99 Å².